The minimum atomic E-state index is -0.731. The molecule has 0 radical (unpaired) electrons. The van der Waals surface area contributed by atoms with Crippen molar-refractivity contribution >= 4 is 29.2 Å². The van der Waals surface area contributed by atoms with Gasteiger partial charge in [0.1, 0.15) is 11.5 Å². The average molecular weight is 455 g/mol. The lowest BCUT2D eigenvalue weighted by Crippen LogP contribution is -2.33. The summed E-state index contributed by atoms with van der Waals surface area (Å²) in [5.74, 6) is 0.185. The molecule has 0 bridgehead atoms. The number of hydrogen-bond donors (Lipinski definition) is 2. The number of methoxy groups -OCH3 is 2. The Labute approximate surface area is 191 Å². The number of esters is 1. The Hall–Kier alpha value is -3.71. The zero-order chi connectivity index (χ0) is 23.1. The standard InChI is InChI=1S/C24H23ClN2O5/c1-30-17-10-6-15(7-11-17)23(16-8-12-18(31-2)13-9-16)27-21(28)14-32-24(29)19-4-3-5-20(25)22(19)26/h3-13,23H,14,26H2,1-2H3,(H,27,28). The van der Waals surface area contributed by atoms with Crippen LogP contribution in [0.3, 0.4) is 0 Å². The summed E-state index contributed by atoms with van der Waals surface area (Å²) < 4.78 is 15.6. The number of halogens is 1. The van der Waals surface area contributed by atoms with Crippen molar-refractivity contribution in [2.45, 2.75) is 6.04 Å². The number of ether oxygens (including phenoxy) is 3. The maximum absolute atomic E-state index is 12.6. The highest BCUT2D eigenvalue weighted by Gasteiger charge is 2.20. The molecule has 0 aliphatic heterocycles. The van der Waals surface area contributed by atoms with Crippen LogP contribution in [-0.4, -0.2) is 32.7 Å². The van der Waals surface area contributed by atoms with Crippen LogP contribution < -0.4 is 20.5 Å². The third-order valence-corrected chi connectivity index (χ3v) is 5.14. The van der Waals surface area contributed by atoms with Gasteiger partial charge in [-0.3, -0.25) is 4.79 Å². The minimum Gasteiger partial charge on any atom is -0.497 e. The van der Waals surface area contributed by atoms with Gasteiger partial charge in [0.05, 0.1) is 36.5 Å². The monoisotopic (exact) mass is 454 g/mol. The number of carbonyl (C=O) groups is 2. The summed E-state index contributed by atoms with van der Waals surface area (Å²) in [4.78, 5) is 25.0. The van der Waals surface area contributed by atoms with Gasteiger partial charge in [-0.2, -0.15) is 0 Å². The van der Waals surface area contributed by atoms with Gasteiger partial charge in [0.25, 0.3) is 5.91 Å². The van der Waals surface area contributed by atoms with Crippen LogP contribution in [-0.2, 0) is 9.53 Å². The number of nitrogens with two attached hydrogens (primary N) is 1. The van der Waals surface area contributed by atoms with Gasteiger partial charge in [-0.25, -0.2) is 4.79 Å². The van der Waals surface area contributed by atoms with Crippen molar-refractivity contribution < 1.29 is 23.8 Å². The molecule has 0 aliphatic rings. The topological polar surface area (TPSA) is 99.9 Å². The number of anilines is 1. The molecule has 0 saturated heterocycles. The molecule has 3 aromatic carbocycles. The molecule has 8 heteroatoms. The summed E-state index contributed by atoms with van der Waals surface area (Å²) in [5.41, 5.74) is 7.68. The highest BCUT2D eigenvalue weighted by molar-refractivity contribution is 6.33. The van der Waals surface area contributed by atoms with Gasteiger partial charge in [0, 0.05) is 0 Å². The van der Waals surface area contributed by atoms with E-state index >= 15 is 0 Å². The van der Waals surface area contributed by atoms with Gasteiger partial charge < -0.3 is 25.3 Å². The van der Waals surface area contributed by atoms with Crippen LogP contribution in [0.15, 0.2) is 66.7 Å². The molecule has 0 aliphatic carbocycles. The van der Waals surface area contributed by atoms with E-state index in [2.05, 4.69) is 5.32 Å². The SMILES string of the molecule is COc1ccc(C(NC(=O)COC(=O)c2cccc(Cl)c2N)c2ccc(OC)cc2)cc1. The average Bonchev–Trinajstić information content (AvgIpc) is 2.83. The number of benzene rings is 3. The third-order valence-electron chi connectivity index (χ3n) is 4.81. The number of nitrogen functional groups attached to an aromatic ring is 1. The zero-order valence-corrected chi connectivity index (χ0v) is 18.4. The van der Waals surface area contributed by atoms with Crippen molar-refractivity contribution in [3.8, 4) is 11.5 Å². The van der Waals surface area contributed by atoms with E-state index < -0.39 is 24.5 Å². The van der Waals surface area contributed by atoms with Gasteiger partial charge in [-0.15, -0.1) is 0 Å². The highest BCUT2D eigenvalue weighted by Crippen LogP contribution is 2.26. The van der Waals surface area contributed by atoms with Crippen molar-refractivity contribution in [1.82, 2.24) is 5.32 Å². The van der Waals surface area contributed by atoms with Gasteiger partial charge in [0.2, 0.25) is 0 Å². The molecule has 0 spiro atoms. The summed E-state index contributed by atoms with van der Waals surface area (Å²) in [7, 11) is 3.16. The molecule has 166 valence electrons. The summed E-state index contributed by atoms with van der Waals surface area (Å²) >= 11 is 5.94. The summed E-state index contributed by atoms with van der Waals surface area (Å²) in [6.45, 7) is -0.479. The Kier molecular flexibility index (Phi) is 7.57. The Morgan fingerprint density at radius 3 is 1.94 bits per heavy atom. The Bertz CT molecular complexity index is 1040. The predicted molar refractivity (Wildman–Crippen MR) is 122 cm³/mol. The van der Waals surface area contributed by atoms with Crippen LogP contribution >= 0.6 is 11.6 Å². The smallest absolute Gasteiger partial charge is 0.340 e. The van der Waals surface area contributed by atoms with Crippen LogP contribution in [0.1, 0.15) is 27.5 Å². The number of para-hydroxylation sites is 1. The fourth-order valence-electron chi connectivity index (χ4n) is 3.08. The molecule has 0 unspecified atom stereocenters. The number of carbonyl (C=O) groups excluding carboxylic acids is 2. The zero-order valence-electron chi connectivity index (χ0n) is 17.6. The molecular weight excluding hydrogens is 432 g/mol. The lowest BCUT2D eigenvalue weighted by molar-refractivity contribution is -0.124. The van der Waals surface area contributed by atoms with Crippen molar-refractivity contribution in [3.05, 3.63) is 88.4 Å². The van der Waals surface area contributed by atoms with E-state index in [4.69, 9.17) is 31.5 Å². The molecule has 7 nitrogen and oxygen atoms in total. The van der Waals surface area contributed by atoms with Crippen LogP contribution in [0.4, 0.5) is 5.69 Å². The normalized spacial score (nSPS) is 10.5. The molecular formula is C24H23ClN2O5. The largest absolute Gasteiger partial charge is 0.497 e. The molecule has 32 heavy (non-hydrogen) atoms. The minimum absolute atomic E-state index is 0.104. The quantitative estimate of drug-likeness (QED) is 0.394. The Morgan fingerprint density at radius 1 is 0.906 bits per heavy atom. The molecule has 0 fully saturated rings. The second-order valence-corrected chi connectivity index (χ2v) is 7.23. The van der Waals surface area contributed by atoms with Gasteiger partial charge in [-0.05, 0) is 47.5 Å². The van der Waals surface area contributed by atoms with Gasteiger partial charge in [-0.1, -0.05) is 41.9 Å². The fraction of sp³-hybridized carbons (Fsp3) is 0.167. The van der Waals surface area contributed by atoms with Crippen molar-refractivity contribution in [2.24, 2.45) is 0 Å². The van der Waals surface area contributed by atoms with Gasteiger partial charge >= 0.3 is 5.97 Å². The van der Waals surface area contributed by atoms with Crippen LogP contribution in [0.2, 0.25) is 5.02 Å². The van der Waals surface area contributed by atoms with E-state index in [1.807, 2.05) is 24.3 Å². The first kappa shape index (κ1) is 23.0. The van der Waals surface area contributed by atoms with Crippen molar-refractivity contribution in [1.29, 1.82) is 0 Å². The van der Waals surface area contributed by atoms with E-state index in [1.54, 1.807) is 50.6 Å². The molecule has 0 atom stereocenters. The van der Waals surface area contributed by atoms with Gasteiger partial charge in [0.15, 0.2) is 6.61 Å². The summed E-state index contributed by atoms with van der Waals surface area (Å²) in [5, 5.41) is 3.14. The lowest BCUT2D eigenvalue weighted by atomic mass is 9.98. The summed E-state index contributed by atoms with van der Waals surface area (Å²) in [6, 6.07) is 18.8. The molecule has 0 aromatic heterocycles. The Morgan fingerprint density at radius 2 is 1.44 bits per heavy atom. The number of amides is 1. The van der Waals surface area contributed by atoms with E-state index in [-0.39, 0.29) is 16.3 Å². The third kappa shape index (κ3) is 5.50. The first-order valence-corrected chi connectivity index (χ1v) is 10.1. The number of nitrogens with one attached hydrogen (secondary N) is 1. The van der Waals surface area contributed by atoms with E-state index in [9.17, 15) is 9.59 Å². The fourth-order valence-corrected chi connectivity index (χ4v) is 3.25. The molecule has 0 saturated carbocycles. The van der Waals surface area contributed by atoms with Crippen molar-refractivity contribution in [2.75, 3.05) is 26.6 Å². The number of rotatable bonds is 8. The van der Waals surface area contributed by atoms with Crippen molar-refractivity contribution in [3.63, 3.8) is 0 Å². The summed E-state index contributed by atoms with van der Waals surface area (Å²) in [6.07, 6.45) is 0. The van der Waals surface area contributed by atoms with Crippen LogP contribution in [0.5, 0.6) is 11.5 Å². The first-order chi connectivity index (χ1) is 15.4. The first-order valence-electron chi connectivity index (χ1n) is 9.71. The second-order valence-electron chi connectivity index (χ2n) is 6.82. The van der Waals surface area contributed by atoms with Crippen LogP contribution in [0, 0.1) is 0 Å². The van der Waals surface area contributed by atoms with E-state index in [0.29, 0.717) is 11.5 Å². The highest BCUT2D eigenvalue weighted by atomic mass is 35.5. The van der Waals surface area contributed by atoms with E-state index in [1.165, 1.54) is 6.07 Å². The molecule has 0 heterocycles. The van der Waals surface area contributed by atoms with E-state index in [0.717, 1.165) is 11.1 Å². The predicted octanol–water partition coefficient (Wildman–Crippen LogP) is 4.00. The molecule has 3 aromatic rings. The lowest BCUT2D eigenvalue weighted by Gasteiger charge is -2.20. The molecule has 1 amide bonds. The van der Waals surface area contributed by atoms with Crippen LogP contribution in [0.25, 0.3) is 0 Å². The maximum atomic E-state index is 12.6. The maximum Gasteiger partial charge on any atom is 0.340 e. The number of hydrogen-bond acceptors (Lipinski definition) is 6. The molecule has 3 rings (SSSR count). The second kappa shape index (κ2) is 10.5. The Balaban J connectivity index is 1.75. The molecule has 3 N–H and O–H groups in total.